The molecule has 110 valence electrons. The zero-order chi connectivity index (χ0) is 15.5. The average molecular weight is 311 g/mol. The van der Waals surface area contributed by atoms with Gasteiger partial charge in [0.05, 0.1) is 15.5 Å². The molecule has 0 bridgehead atoms. The van der Waals surface area contributed by atoms with Crippen LogP contribution in [-0.4, -0.2) is 10.8 Å². The van der Waals surface area contributed by atoms with Crippen LogP contribution < -0.4 is 14.8 Å². The smallest absolute Gasteiger partial charge is 0.266 e. The van der Waals surface area contributed by atoms with Gasteiger partial charge in [-0.1, -0.05) is 29.8 Å². The lowest BCUT2D eigenvalue weighted by Gasteiger charge is -1.92. The van der Waals surface area contributed by atoms with Gasteiger partial charge in [0.1, 0.15) is 0 Å². The van der Waals surface area contributed by atoms with Crippen molar-refractivity contribution >= 4 is 29.3 Å². The van der Waals surface area contributed by atoms with E-state index in [9.17, 15) is 9.59 Å². The molecule has 0 aliphatic heterocycles. The van der Waals surface area contributed by atoms with Gasteiger partial charge in [-0.3, -0.25) is 9.59 Å². The van der Waals surface area contributed by atoms with Crippen LogP contribution in [0.15, 0.2) is 51.9 Å². The summed E-state index contributed by atoms with van der Waals surface area (Å²) in [5.41, 5.74) is 1.90. The highest BCUT2D eigenvalue weighted by Crippen LogP contribution is 2.03. The van der Waals surface area contributed by atoms with Crippen molar-refractivity contribution in [1.82, 2.24) is 4.98 Å². The van der Waals surface area contributed by atoms with Crippen molar-refractivity contribution in [3.8, 4) is 0 Å². The van der Waals surface area contributed by atoms with E-state index in [1.165, 1.54) is 23.7 Å². The van der Waals surface area contributed by atoms with Crippen LogP contribution in [0.3, 0.4) is 0 Å². The number of thiazole rings is 1. The maximum Gasteiger partial charge on any atom is 0.266 e. The van der Waals surface area contributed by atoms with E-state index < -0.39 is 0 Å². The summed E-state index contributed by atoms with van der Waals surface area (Å²) < 4.78 is 6.10. The third-order valence-electron chi connectivity index (χ3n) is 3.08. The Kier molecular flexibility index (Phi) is 3.89. The molecule has 0 atom stereocenters. The number of benzene rings is 1. The number of aromatic amines is 1. The van der Waals surface area contributed by atoms with Gasteiger partial charge >= 0.3 is 0 Å². The summed E-state index contributed by atoms with van der Waals surface area (Å²) in [4.78, 5) is 26.5. The standard InChI is InChI=1S/C17H13NO3S/c1-11-4-6-12(7-5-11)9-15-17(20)18-16(22-15)10-13(19)14-3-2-8-21-14/h2-10H,1H3,(H,18,20)/b15-9+,16-10-. The van der Waals surface area contributed by atoms with Gasteiger partial charge in [0.25, 0.3) is 5.56 Å². The van der Waals surface area contributed by atoms with E-state index in [-0.39, 0.29) is 17.1 Å². The Morgan fingerprint density at radius 3 is 2.68 bits per heavy atom. The van der Waals surface area contributed by atoms with E-state index in [4.69, 9.17) is 4.42 Å². The molecule has 0 aliphatic carbocycles. The van der Waals surface area contributed by atoms with Crippen molar-refractivity contribution in [2.24, 2.45) is 0 Å². The monoisotopic (exact) mass is 311 g/mol. The van der Waals surface area contributed by atoms with Crippen molar-refractivity contribution < 1.29 is 9.21 Å². The lowest BCUT2D eigenvalue weighted by Crippen LogP contribution is -2.19. The second-order valence-electron chi connectivity index (χ2n) is 4.83. The van der Waals surface area contributed by atoms with Gasteiger partial charge in [-0.2, -0.15) is 0 Å². The summed E-state index contributed by atoms with van der Waals surface area (Å²) in [6.45, 7) is 2.01. The van der Waals surface area contributed by atoms with Gasteiger partial charge in [0.2, 0.25) is 5.78 Å². The lowest BCUT2D eigenvalue weighted by atomic mass is 10.1. The van der Waals surface area contributed by atoms with Crippen LogP contribution in [0.5, 0.6) is 0 Å². The van der Waals surface area contributed by atoms with Gasteiger partial charge in [-0.15, -0.1) is 11.3 Å². The van der Waals surface area contributed by atoms with Crippen LogP contribution >= 0.6 is 11.3 Å². The molecule has 0 radical (unpaired) electrons. The Labute approximate surface area is 130 Å². The quantitative estimate of drug-likeness (QED) is 0.751. The van der Waals surface area contributed by atoms with Crippen LogP contribution in [-0.2, 0) is 0 Å². The number of Topliss-reactive ketones (excluding diaryl/α,β-unsaturated/α-hetero) is 1. The zero-order valence-electron chi connectivity index (χ0n) is 11.8. The molecule has 5 heteroatoms. The fourth-order valence-electron chi connectivity index (χ4n) is 1.95. The molecule has 3 aromatic rings. The molecule has 1 N–H and O–H groups in total. The predicted molar refractivity (Wildman–Crippen MR) is 86.4 cm³/mol. The molecular weight excluding hydrogens is 298 g/mol. The Bertz CT molecular complexity index is 960. The summed E-state index contributed by atoms with van der Waals surface area (Å²) >= 11 is 1.24. The Hall–Kier alpha value is -2.66. The number of carbonyl (C=O) groups excluding carboxylic acids is 1. The SMILES string of the molecule is Cc1ccc(/C=c2/s/c(=C\C(=O)c3ccco3)[nH]c2=O)cc1. The number of hydrogen-bond donors (Lipinski definition) is 1. The van der Waals surface area contributed by atoms with Crippen molar-refractivity contribution in [3.63, 3.8) is 0 Å². The van der Waals surface area contributed by atoms with Crippen molar-refractivity contribution in [2.75, 3.05) is 0 Å². The minimum absolute atomic E-state index is 0.205. The largest absolute Gasteiger partial charge is 0.461 e. The molecule has 3 rings (SSSR count). The minimum Gasteiger partial charge on any atom is -0.461 e. The highest BCUT2D eigenvalue weighted by Gasteiger charge is 2.05. The number of aryl methyl sites for hydroxylation is 1. The fraction of sp³-hybridized carbons (Fsp3) is 0.0588. The first-order valence-corrected chi connectivity index (χ1v) is 7.50. The lowest BCUT2D eigenvalue weighted by molar-refractivity contribution is 0.103. The number of aromatic nitrogens is 1. The molecule has 2 aromatic heterocycles. The third kappa shape index (κ3) is 3.15. The molecule has 1 aromatic carbocycles. The van der Waals surface area contributed by atoms with Crippen LogP contribution in [0.1, 0.15) is 21.7 Å². The van der Waals surface area contributed by atoms with Crippen molar-refractivity contribution in [2.45, 2.75) is 6.92 Å². The number of ketones is 1. The Morgan fingerprint density at radius 1 is 1.23 bits per heavy atom. The van der Waals surface area contributed by atoms with E-state index in [0.29, 0.717) is 9.20 Å². The summed E-state index contributed by atoms with van der Waals surface area (Å²) in [6, 6.07) is 11.1. The molecule has 0 amide bonds. The Balaban J connectivity index is 1.99. The van der Waals surface area contributed by atoms with Gasteiger partial charge < -0.3 is 9.40 Å². The number of carbonyl (C=O) groups is 1. The second-order valence-corrected chi connectivity index (χ2v) is 5.91. The van der Waals surface area contributed by atoms with Crippen LogP contribution in [0.2, 0.25) is 0 Å². The molecular formula is C17H13NO3S. The highest BCUT2D eigenvalue weighted by atomic mass is 32.1. The van der Waals surface area contributed by atoms with Crippen LogP contribution in [0.4, 0.5) is 0 Å². The van der Waals surface area contributed by atoms with E-state index in [1.54, 1.807) is 18.2 Å². The number of hydrogen-bond acceptors (Lipinski definition) is 4. The maximum absolute atomic E-state index is 11.9. The third-order valence-corrected chi connectivity index (χ3v) is 4.04. The molecule has 0 saturated carbocycles. The molecule has 0 fully saturated rings. The van der Waals surface area contributed by atoms with E-state index in [2.05, 4.69) is 4.98 Å². The van der Waals surface area contributed by atoms with E-state index in [0.717, 1.165) is 11.1 Å². The topological polar surface area (TPSA) is 63.1 Å². The number of nitrogens with one attached hydrogen (secondary N) is 1. The molecule has 0 saturated heterocycles. The minimum atomic E-state index is -0.274. The first-order chi connectivity index (χ1) is 10.6. The molecule has 0 aliphatic rings. The van der Waals surface area contributed by atoms with Crippen LogP contribution in [0, 0.1) is 6.92 Å². The number of furan rings is 1. The predicted octanol–water partition coefficient (Wildman–Crippen LogP) is 1.83. The number of H-pyrrole nitrogens is 1. The first kappa shape index (κ1) is 14.3. The maximum atomic E-state index is 11.9. The van der Waals surface area contributed by atoms with Crippen molar-refractivity contribution in [3.05, 3.63) is 79.1 Å². The average Bonchev–Trinajstić information content (AvgIpc) is 3.12. The van der Waals surface area contributed by atoms with Gasteiger partial charge in [-0.05, 0) is 30.7 Å². The number of rotatable bonds is 3. The zero-order valence-corrected chi connectivity index (χ0v) is 12.6. The summed E-state index contributed by atoms with van der Waals surface area (Å²) in [6.07, 6.45) is 4.61. The van der Waals surface area contributed by atoms with Crippen molar-refractivity contribution in [1.29, 1.82) is 0 Å². The van der Waals surface area contributed by atoms with E-state index in [1.807, 2.05) is 31.2 Å². The summed E-state index contributed by atoms with van der Waals surface area (Å²) in [7, 11) is 0. The second kappa shape index (κ2) is 5.99. The fourth-order valence-corrected chi connectivity index (χ4v) is 2.83. The molecule has 2 heterocycles. The summed E-state index contributed by atoms with van der Waals surface area (Å²) in [5, 5.41) is 0. The normalized spacial score (nSPS) is 12.8. The first-order valence-electron chi connectivity index (χ1n) is 6.69. The molecule has 4 nitrogen and oxygen atoms in total. The van der Waals surface area contributed by atoms with Gasteiger partial charge in [0.15, 0.2) is 5.76 Å². The molecule has 22 heavy (non-hydrogen) atoms. The van der Waals surface area contributed by atoms with Crippen LogP contribution in [0.25, 0.3) is 12.2 Å². The highest BCUT2D eigenvalue weighted by molar-refractivity contribution is 7.07. The van der Waals surface area contributed by atoms with Gasteiger partial charge in [-0.25, -0.2) is 0 Å². The Morgan fingerprint density at radius 2 is 2.00 bits per heavy atom. The summed E-state index contributed by atoms with van der Waals surface area (Å²) in [5.74, 6) is -0.0253. The van der Waals surface area contributed by atoms with E-state index >= 15 is 0 Å². The van der Waals surface area contributed by atoms with Gasteiger partial charge in [0, 0.05) is 6.08 Å². The molecule has 0 spiro atoms. The molecule has 0 unspecified atom stereocenters.